The molecule has 4 unspecified atom stereocenters. The zero-order valence-corrected chi connectivity index (χ0v) is 27.2. The molecule has 3 N–H and O–H groups in total. The molecule has 0 saturated heterocycles. The predicted octanol–water partition coefficient (Wildman–Crippen LogP) is 6.20. The molecule has 244 valence electrons. The number of ether oxygens (including phenoxy) is 3. The first kappa shape index (κ1) is 34.2. The van der Waals surface area contributed by atoms with Gasteiger partial charge in [-0.3, -0.25) is 9.59 Å². The van der Waals surface area contributed by atoms with Crippen molar-refractivity contribution < 1.29 is 23.8 Å². The van der Waals surface area contributed by atoms with Gasteiger partial charge in [-0.25, -0.2) is 0 Å². The van der Waals surface area contributed by atoms with E-state index in [4.69, 9.17) is 25.8 Å². The molecule has 11 nitrogen and oxygen atoms in total. The summed E-state index contributed by atoms with van der Waals surface area (Å²) >= 11 is 6.63. The fourth-order valence-electron chi connectivity index (χ4n) is 5.74. The van der Waals surface area contributed by atoms with E-state index in [1.807, 2.05) is 51.0 Å². The first-order valence-electron chi connectivity index (χ1n) is 15.6. The predicted molar refractivity (Wildman–Crippen MR) is 178 cm³/mol. The fraction of sp³-hybridized carbons (Fsp3) is 0.545. The van der Waals surface area contributed by atoms with Crippen LogP contribution in [-0.2, 0) is 14.3 Å². The average molecular weight is 642 g/mol. The number of hydrogen-bond acceptors (Lipinski definition) is 9. The Labute approximate surface area is 270 Å². The molecule has 2 aromatic carbocycles. The van der Waals surface area contributed by atoms with Gasteiger partial charge in [-0.1, -0.05) is 11.6 Å². The third-order valence-corrected chi connectivity index (χ3v) is 8.32. The fourth-order valence-corrected chi connectivity index (χ4v) is 5.98. The Morgan fingerprint density at radius 1 is 1.16 bits per heavy atom. The minimum atomic E-state index is -0.417. The van der Waals surface area contributed by atoms with Crippen molar-refractivity contribution in [1.82, 2.24) is 4.90 Å². The van der Waals surface area contributed by atoms with E-state index in [1.54, 1.807) is 12.1 Å². The molecule has 45 heavy (non-hydrogen) atoms. The van der Waals surface area contributed by atoms with Crippen molar-refractivity contribution in [3.8, 4) is 17.6 Å². The molecule has 0 radical (unpaired) electrons. The Hall–Kier alpha value is -3.72. The largest absolute Gasteiger partial charge is 0.498 e. The quantitative estimate of drug-likeness (QED) is 0.207. The zero-order valence-electron chi connectivity index (χ0n) is 26.5. The van der Waals surface area contributed by atoms with Crippen LogP contribution in [0.15, 0.2) is 30.3 Å². The summed E-state index contributed by atoms with van der Waals surface area (Å²) < 4.78 is 17.5. The van der Waals surface area contributed by atoms with Crippen LogP contribution in [0.1, 0.15) is 57.6 Å². The van der Waals surface area contributed by atoms with Gasteiger partial charge in [0, 0.05) is 54.0 Å². The lowest BCUT2D eigenvalue weighted by Gasteiger charge is -2.32. The second-order valence-electron chi connectivity index (χ2n) is 11.6. The monoisotopic (exact) mass is 641 g/mol. The molecule has 1 aliphatic heterocycles. The lowest BCUT2D eigenvalue weighted by atomic mass is 9.86. The van der Waals surface area contributed by atoms with Crippen LogP contribution in [0.5, 0.6) is 11.5 Å². The van der Waals surface area contributed by atoms with E-state index >= 15 is 0 Å². The number of fused-ring (bicyclic) bond motifs is 1. The van der Waals surface area contributed by atoms with Crippen LogP contribution < -0.4 is 25.4 Å². The summed E-state index contributed by atoms with van der Waals surface area (Å²) in [5, 5.41) is 24.5. The Balaban J connectivity index is 1.51. The molecular formula is C33H44ClN5O6. The molecule has 0 aromatic heterocycles. The number of carbonyl (C=O) groups excluding carboxylic acids is 2. The number of benzene rings is 2. The van der Waals surface area contributed by atoms with Gasteiger partial charge < -0.3 is 40.3 Å². The van der Waals surface area contributed by atoms with Gasteiger partial charge in [0.2, 0.25) is 5.91 Å². The number of hydrogen-bond donors (Lipinski definition) is 3. The van der Waals surface area contributed by atoms with Gasteiger partial charge in [-0.2, -0.15) is 0 Å². The summed E-state index contributed by atoms with van der Waals surface area (Å²) in [7, 11) is 3.94. The summed E-state index contributed by atoms with van der Waals surface area (Å²) in [5.41, 5.74) is 2.86. The Morgan fingerprint density at radius 3 is 2.67 bits per heavy atom. The Kier molecular flexibility index (Phi) is 12.6. The van der Waals surface area contributed by atoms with E-state index in [1.165, 1.54) is 0 Å². The van der Waals surface area contributed by atoms with Crippen LogP contribution in [0.2, 0.25) is 5.02 Å². The van der Waals surface area contributed by atoms with Crippen LogP contribution in [-0.4, -0.2) is 69.7 Å². The molecule has 2 aliphatic rings. The normalized spacial score (nSPS) is 20.8. The highest BCUT2D eigenvalue weighted by Gasteiger charge is 2.34. The van der Waals surface area contributed by atoms with Crippen LogP contribution in [0.4, 0.5) is 17.1 Å². The first-order chi connectivity index (χ1) is 21.7. The minimum absolute atomic E-state index is 0.00765. The van der Waals surface area contributed by atoms with Gasteiger partial charge in [0.05, 0.1) is 42.0 Å². The molecule has 4 rings (SSSR count). The van der Waals surface area contributed by atoms with Crippen LogP contribution in [0.3, 0.4) is 0 Å². The highest BCUT2D eigenvalue weighted by molar-refractivity contribution is 6.32. The molecular weight excluding hydrogens is 598 g/mol. The van der Waals surface area contributed by atoms with Gasteiger partial charge in [-0.15, -0.1) is 0 Å². The van der Waals surface area contributed by atoms with Crippen LogP contribution >= 0.6 is 11.6 Å². The number of ketones is 1. The number of nitrogens with zero attached hydrogens (tertiary/aromatic N) is 2. The molecule has 1 amide bonds. The number of amides is 1. The van der Waals surface area contributed by atoms with E-state index < -0.39 is 12.0 Å². The number of halogens is 1. The number of carbonyl (C=O) groups is 2. The van der Waals surface area contributed by atoms with Crippen molar-refractivity contribution in [2.45, 2.75) is 58.1 Å². The lowest BCUT2D eigenvalue weighted by Crippen LogP contribution is -2.33. The molecule has 0 spiro atoms. The van der Waals surface area contributed by atoms with E-state index in [0.717, 1.165) is 37.1 Å². The van der Waals surface area contributed by atoms with Gasteiger partial charge >= 0.3 is 6.07 Å². The van der Waals surface area contributed by atoms with Crippen molar-refractivity contribution in [3.05, 3.63) is 51.1 Å². The molecule has 1 heterocycles. The maximum absolute atomic E-state index is 12.8. The summed E-state index contributed by atoms with van der Waals surface area (Å²) in [6.45, 7) is 6.32. The summed E-state index contributed by atoms with van der Waals surface area (Å²) in [6, 6.07) is 11.3. The minimum Gasteiger partial charge on any atom is -0.498 e. The molecule has 1 saturated carbocycles. The standard InChI is InChI=1S/C33H44ClN5O6/c1-5-43-24-11-9-21(29(40)15-24)20-45-30-12-10-23(14-26(30)34)37-33-22(19-36-42)18-35-27-17-31(44-6-2)28(16-25(27)33)38-32(41)8-7-13-39(3)4/h10,12,14,16-17,21-22,24,33,35,37H,5-9,11,13,15,18,20H2,1-4H3,(H,38,41). The first-order valence-corrected chi connectivity index (χ1v) is 16.0. The Morgan fingerprint density at radius 2 is 1.98 bits per heavy atom. The topological polar surface area (TPSA) is 129 Å². The second kappa shape index (κ2) is 16.5. The number of anilines is 3. The molecule has 2 aromatic rings. The van der Waals surface area contributed by atoms with Crippen molar-refractivity contribution in [1.29, 1.82) is 0 Å². The van der Waals surface area contributed by atoms with Gasteiger partial charge in [0.1, 0.15) is 23.2 Å². The van der Waals surface area contributed by atoms with Crippen LogP contribution in [0, 0.1) is 23.1 Å². The summed E-state index contributed by atoms with van der Waals surface area (Å²) in [4.78, 5) is 27.4. The SMILES string of the molecule is CCOc1cc2c(cc1NC(=O)CCCN(C)C)C(Nc1ccc(OCC3CCC(OCC)CC3=O)c(Cl)c1)C(C#[N+][O-])CN2. The maximum atomic E-state index is 12.8. The molecule has 12 heteroatoms. The average Bonchev–Trinajstić information content (AvgIpc) is 2.99. The van der Waals surface area contributed by atoms with Crippen molar-refractivity contribution >= 4 is 40.4 Å². The summed E-state index contributed by atoms with van der Waals surface area (Å²) in [6.07, 6.45) is 3.05. The second-order valence-corrected chi connectivity index (χ2v) is 12.0. The van der Waals surface area contributed by atoms with Crippen LogP contribution in [0.25, 0.3) is 5.01 Å². The van der Waals surface area contributed by atoms with Crippen molar-refractivity contribution in [2.75, 3.05) is 63.0 Å². The summed E-state index contributed by atoms with van der Waals surface area (Å²) in [5.74, 6) is 0.479. The zero-order chi connectivity index (χ0) is 32.3. The van der Waals surface area contributed by atoms with Crippen molar-refractivity contribution in [2.24, 2.45) is 11.8 Å². The number of nitrogens with one attached hydrogen (secondary N) is 3. The Bertz CT molecular complexity index is 1390. The third kappa shape index (κ3) is 9.39. The van der Waals surface area contributed by atoms with E-state index in [9.17, 15) is 14.8 Å². The molecule has 1 fully saturated rings. The maximum Gasteiger partial charge on any atom is 0.306 e. The highest BCUT2D eigenvalue weighted by Crippen LogP contribution is 2.42. The lowest BCUT2D eigenvalue weighted by molar-refractivity contribution is -0.130. The van der Waals surface area contributed by atoms with Gasteiger partial charge in [0.15, 0.2) is 0 Å². The third-order valence-electron chi connectivity index (χ3n) is 8.02. The van der Waals surface area contributed by atoms with Gasteiger partial charge in [-0.05, 0) is 78.0 Å². The van der Waals surface area contributed by atoms with E-state index in [0.29, 0.717) is 60.5 Å². The number of rotatable bonds is 14. The molecule has 1 aliphatic carbocycles. The smallest absolute Gasteiger partial charge is 0.306 e. The molecule has 4 atom stereocenters. The highest BCUT2D eigenvalue weighted by atomic mass is 35.5. The number of Topliss-reactive ketones (excluding diaryl/α,β-unsaturated/α-hetero) is 1. The van der Waals surface area contributed by atoms with Crippen molar-refractivity contribution in [3.63, 3.8) is 0 Å². The van der Waals surface area contributed by atoms with E-state index in [-0.39, 0.29) is 30.3 Å². The van der Waals surface area contributed by atoms with E-state index in [2.05, 4.69) is 27.0 Å². The van der Waals surface area contributed by atoms with Gasteiger partial charge in [0.25, 0.3) is 0 Å². The molecule has 0 bridgehead atoms.